The molecule has 2 atom stereocenters. The van der Waals surface area contributed by atoms with Gasteiger partial charge in [0, 0.05) is 49.9 Å². The average Bonchev–Trinajstić information content (AvgIpc) is 3.86. The maximum absolute atomic E-state index is 14.2. The smallest absolute Gasteiger partial charge is 0.330 e. The van der Waals surface area contributed by atoms with Crippen molar-refractivity contribution < 1.29 is 62.0 Å². The predicted octanol–water partition coefficient (Wildman–Crippen LogP) is 12.5. The number of rotatable bonds is 44. The molecular weight excluding hydrogens is 947 g/mol. The standard InChI is InChI=1S/C58H97N3O13/c1-5-9-13-17-21-25-33-52(62)69-41-48(42-70-53(63)34-26-22-18-14-10-6-2)39-56(66)73-45-50-31-29-30-32-51(61(50)58(68)60-38-37-59-47-60)46-74-57(67)40-49(43-71-54(64)35-27-23-19-15-11-7-3)44-72-55(65)36-28-24-20-16-12-8-4/h29-30,37-38,47-51H,5-28,31-36,39-46H2,1-4H3/t50-,51-/m0/s1. The fraction of sp³-hybridized carbons (Fsp3) is 0.793. The van der Waals surface area contributed by atoms with Gasteiger partial charge in [-0.05, 0) is 38.5 Å². The molecule has 0 aromatic carbocycles. The fourth-order valence-electron chi connectivity index (χ4n) is 8.78. The number of amides is 1. The second-order valence-corrected chi connectivity index (χ2v) is 20.2. The van der Waals surface area contributed by atoms with Crippen LogP contribution >= 0.6 is 0 Å². The van der Waals surface area contributed by atoms with Gasteiger partial charge in [0.2, 0.25) is 0 Å². The lowest BCUT2D eigenvalue weighted by Crippen LogP contribution is -2.52. The zero-order valence-electron chi connectivity index (χ0n) is 46.2. The molecule has 1 aromatic heterocycles. The molecule has 1 aliphatic heterocycles. The Kier molecular flexibility index (Phi) is 38.4. The van der Waals surface area contributed by atoms with E-state index in [0.29, 0.717) is 38.5 Å². The highest BCUT2D eigenvalue weighted by atomic mass is 16.6. The molecule has 16 heteroatoms. The minimum absolute atomic E-state index is 0.122. The first kappa shape index (κ1) is 65.4. The van der Waals surface area contributed by atoms with Crippen molar-refractivity contribution in [1.82, 2.24) is 14.5 Å². The first-order valence-electron chi connectivity index (χ1n) is 28.9. The van der Waals surface area contributed by atoms with Crippen LogP contribution in [0.15, 0.2) is 30.9 Å². The molecule has 0 saturated carbocycles. The van der Waals surface area contributed by atoms with Gasteiger partial charge in [0.25, 0.3) is 0 Å². The number of hydrogen-bond donors (Lipinski definition) is 0. The average molecular weight is 1040 g/mol. The van der Waals surface area contributed by atoms with Crippen molar-refractivity contribution in [2.45, 2.75) is 245 Å². The lowest BCUT2D eigenvalue weighted by Gasteiger charge is -2.35. The summed E-state index contributed by atoms with van der Waals surface area (Å²) in [7, 11) is 0. The van der Waals surface area contributed by atoms with Crippen LogP contribution in [-0.4, -0.2) is 108 Å². The van der Waals surface area contributed by atoms with Gasteiger partial charge in [-0.1, -0.05) is 168 Å². The third kappa shape index (κ3) is 32.5. The summed E-state index contributed by atoms with van der Waals surface area (Å²) < 4.78 is 35.4. The van der Waals surface area contributed by atoms with Crippen molar-refractivity contribution in [2.75, 3.05) is 39.6 Å². The summed E-state index contributed by atoms with van der Waals surface area (Å²) in [6, 6.07) is -1.82. The number of nitrogens with zero attached hydrogens (tertiary/aromatic N) is 3. The van der Waals surface area contributed by atoms with Gasteiger partial charge in [-0.15, -0.1) is 0 Å². The Morgan fingerprint density at radius 1 is 0.432 bits per heavy atom. The summed E-state index contributed by atoms with van der Waals surface area (Å²) in [6.07, 6.45) is 33.9. The second-order valence-electron chi connectivity index (χ2n) is 20.2. The van der Waals surface area contributed by atoms with E-state index in [4.69, 9.17) is 28.4 Å². The van der Waals surface area contributed by atoms with Crippen LogP contribution in [0.1, 0.15) is 233 Å². The summed E-state index contributed by atoms with van der Waals surface area (Å²) in [5.74, 6) is -4.02. The van der Waals surface area contributed by atoms with Crippen molar-refractivity contribution in [3.05, 3.63) is 30.9 Å². The van der Waals surface area contributed by atoms with E-state index in [-0.39, 0.29) is 102 Å². The van der Waals surface area contributed by atoms with Crippen LogP contribution < -0.4 is 0 Å². The van der Waals surface area contributed by atoms with Crippen LogP contribution in [-0.2, 0) is 57.2 Å². The molecule has 16 nitrogen and oxygen atoms in total. The molecular formula is C58H97N3O13. The van der Waals surface area contributed by atoms with Crippen molar-refractivity contribution >= 4 is 41.8 Å². The number of carbonyl (C=O) groups excluding carboxylic acids is 7. The van der Waals surface area contributed by atoms with Gasteiger partial charge in [-0.2, -0.15) is 0 Å². The molecule has 0 N–H and O–H groups in total. The highest BCUT2D eigenvalue weighted by molar-refractivity contribution is 5.78. The summed E-state index contributed by atoms with van der Waals surface area (Å²) in [6.45, 7) is 7.72. The number of aromatic nitrogens is 2. The number of imidazole rings is 1. The molecule has 0 aliphatic carbocycles. The van der Waals surface area contributed by atoms with E-state index in [1.54, 1.807) is 4.90 Å². The second kappa shape index (κ2) is 43.5. The van der Waals surface area contributed by atoms with Crippen LogP contribution in [0.3, 0.4) is 0 Å². The molecule has 1 aromatic rings. The van der Waals surface area contributed by atoms with Crippen LogP contribution in [0, 0.1) is 11.8 Å². The van der Waals surface area contributed by atoms with Crippen LogP contribution in [0.2, 0.25) is 0 Å². The Labute approximate surface area is 444 Å². The largest absolute Gasteiger partial charge is 0.465 e. The molecule has 0 spiro atoms. The third-order valence-electron chi connectivity index (χ3n) is 13.4. The maximum atomic E-state index is 14.2. The van der Waals surface area contributed by atoms with Gasteiger partial charge in [0.15, 0.2) is 0 Å². The minimum Gasteiger partial charge on any atom is -0.465 e. The lowest BCUT2D eigenvalue weighted by molar-refractivity contribution is -0.156. The van der Waals surface area contributed by atoms with E-state index >= 15 is 0 Å². The van der Waals surface area contributed by atoms with Gasteiger partial charge >= 0.3 is 41.8 Å². The Bertz CT molecular complexity index is 1540. The van der Waals surface area contributed by atoms with Crippen LogP contribution in [0.4, 0.5) is 4.79 Å². The quantitative estimate of drug-likeness (QED) is 0.0259. The van der Waals surface area contributed by atoms with Gasteiger partial charge in [0.05, 0.1) is 51.4 Å². The SMILES string of the molecule is CCCCCCCCC(=O)OCC(COC(=O)CCCCCCCC)CC(=O)OC[C@@H]1CC=CC[C@@H](COC(=O)CC(COC(=O)CCCCCCCC)COC(=O)CCCCCCCC)N1C(=O)n1ccnc1. The summed E-state index contributed by atoms with van der Waals surface area (Å²) >= 11 is 0. The van der Waals surface area contributed by atoms with E-state index in [9.17, 15) is 33.6 Å². The first-order valence-corrected chi connectivity index (χ1v) is 28.9. The molecule has 2 heterocycles. The van der Waals surface area contributed by atoms with E-state index in [0.717, 1.165) is 128 Å². The molecule has 422 valence electrons. The zero-order chi connectivity index (χ0) is 53.9. The summed E-state index contributed by atoms with van der Waals surface area (Å²) in [5, 5.41) is 0. The van der Waals surface area contributed by atoms with E-state index < -0.39 is 41.9 Å². The Balaban J connectivity index is 2.13. The molecule has 0 saturated heterocycles. The van der Waals surface area contributed by atoms with Crippen LogP contribution in [0.5, 0.6) is 0 Å². The molecule has 0 unspecified atom stereocenters. The van der Waals surface area contributed by atoms with Gasteiger partial charge in [0.1, 0.15) is 19.5 Å². The molecule has 0 radical (unpaired) electrons. The third-order valence-corrected chi connectivity index (χ3v) is 13.4. The minimum atomic E-state index is -0.676. The number of carbonyl (C=O) groups is 7. The van der Waals surface area contributed by atoms with E-state index in [1.165, 1.54) is 23.3 Å². The first-order chi connectivity index (χ1) is 36.0. The fourth-order valence-corrected chi connectivity index (χ4v) is 8.78. The van der Waals surface area contributed by atoms with Crippen molar-refractivity contribution in [3.63, 3.8) is 0 Å². The van der Waals surface area contributed by atoms with E-state index in [1.807, 2.05) is 12.2 Å². The number of ether oxygens (including phenoxy) is 6. The molecule has 1 amide bonds. The van der Waals surface area contributed by atoms with Gasteiger partial charge in [-0.25, -0.2) is 9.78 Å². The normalized spacial score (nSPS) is 14.4. The topological polar surface area (TPSA) is 196 Å². The Morgan fingerprint density at radius 3 is 1.04 bits per heavy atom. The molecule has 0 bridgehead atoms. The Hall–Kier alpha value is -4.76. The van der Waals surface area contributed by atoms with Crippen molar-refractivity contribution in [2.24, 2.45) is 11.8 Å². The number of esters is 6. The number of hydrogen-bond acceptors (Lipinski definition) is 14. The molecule has 2 rings (SSSR count). The molecule has 74 heavy (non-hydrogen) atoms. The molecule has 0 fully saturated rings. The van der Waals surface area contributed by atoms with Gasteiger partial charge in [-0.3, -0.25) is 33.3 Å². The Morgan fingerprint density at radius 2 is 0.743 bits per heavy atom. The monoisotopic (exact) mass is 1040 g/mol. The van der Waals surface area contributed by atoms with E-state index in [2.05, 4.69) is 32.7 Å². The highest BCUT2D eigenvalue weighted by Gasteiger charge is 2.35. The van der Waals surface area contributed by atoms with Gasteiger partial charge < -0.3 is 33.3 Å². The lowest BCUT2D eigenvalue weighted by atomic mass is 10.1. The maximum Gasteiger partial charge on any atom is 0.330 e. The van der Waals surface area contributed by atoms with Crippen LogP contribution in [0.25, 0.3) is 0 Å². The summed E-state index contributed by atoms with van der Waals surface area (Å²) in [4.78, 5) is 97.8. The molecule has 1 aliphatic rings. The highest BCUT2D eigenvalue weighted by Crippen LogP contribution is 2.23. The summed E-state index contributed by atoms with van der Waals surface area (Å²) in [5.41, 5.74) is 0. The van der Waals surface area contributed by atoms with Crippen molar-refractivity contribution in [3.8, 4) is 0 Å². The zero-order valence-corrected chi connectivity index (χ0v) is 46.2. The number of unbranched alkanes of at least 4 members (excludes halogenated alkanes) is 20. The van der Waals surface area contributed by atoms with Crippen molar-refractivity contribution in [1.29, 1.82) is 0 Å². The predicted molar refractivity (Wildman–Crippen MR) is 285 cm³/mol.